The summed E-state index contributed by atoms with van der Waals surface area (Å²) in [5, 5.41) is 7.58. The zero-order valence-corrected chi connectivity index (χ0v) is 16.9. The lowest BCUT2D eigenvalue weighted by molar-refractivity contribution is -0.0718. The number of hydrogen-bond acceptors (Lipinski definition) is 1. The summed E-state index contributed by atoms with van der Waals surface area (Å²) in [4.78, 5) is 0. The third-order valence-electron chi connectivity index (χ3n) is 6.88. The Morgan fingerprint density at radius 1 is 1.23 bits per heavy atom. The number of halogens is 2. The van der Waals surface area contributed by atoms with Gasteiger partial charge in [0.25, 0.3) is 0 Å². The van der Waals surface area contributed by atoms with Crippen molar-refractivity contribution in [2.24, 2.45) is 23.2 Å². The Bertz CT molecular complexity index is 657. The molecule has 1 aromatic rings. The number of nitrogens with one attached hydrogen (secondary N) is 2. The molecule has 142 valence electrons. The molecule has 26 heavy (non-hydrogen) atoms. The maximum absolute atomic E-state index is 13.4. The second-order valence-electron chi connectivity index (χ2n) is 8.85. The summed E-state index contributed by atoms with van der Waals surface area (Å²) in [6, 6.07) is 5.06. The smallest absolute Gasteiger partial charge is 0.171 e. The highest BCUT2D eigenvalue weighted by Gasteiger charge is 2.54. The Hall–Kier alpha value is -0.870. The van der Waals surface area contributed by atoms with Gasteiger partial charge in [0.15, 0.2) is 5.11 Å². The second-order valence-corrected chi connectivity index (χ2v) is 9.66. The fourth-order valence-corrected chi connectivity index (χ4v) is 6.76. The van der Waals surface area contributed by atoms with E-state index in [-0.39, 0.29) is 5.02 Å². The minimum absolute atomic E-state index is 0.115. The Morgan fingerprint density at radius 2 is 1.85 bits per heavy atom. The summed E-state index contributed by atoms with van der Waals surface area (Å²) in [5.41, 5.74) is 1.14. The Morgan fingerprint density at radius 3 is 2.38 bits per heavy atom. The van der Waals surface area contributed by atoms with Crippen molar-refractivity contribution in [2.45, 2.75) is 64.3 Å². The van der Waals surface area contributed by atoms with Crippen LogP contribution >= 0.6 is 23.8 Å². The van der Waals surface area contributed by atoms with E-state index in [1.54, 1.807) is 12.1 Å². The lowest BCUT2D eigenvalue weighted by atomic mass is 9.47. The SMILES string of the molecule is CCCC(NC(=S)Nc1ccc(F)c(Cl)c1)C12CC3CC(CC(C3)C1)C2. The minimum Gasteiger partial charge on any atom is -0.359 e. The average molecular weight is 395 g/mol. The van der Waals surface area contributed by atoms with Crippen molar-refractivity contribution in [3.05, 3.63) is 29.0 Å². The van der Waals surface area contributed by atoms with Crippen molar-refractivity contribution in [1.29, 1.82) is 0 Å². The molecule has 1 atom stereocenters. The zero-order chi connectivity index (χ0) is 18.3. The molecule has 4 aliphatic carbocycles. The molecule has 0 heterocycles. The number of rotatable bonds is 5. The van der Waals surface area contributed by atoms with Gasteiger partial charge in [-0.15, -0.1) is 0 Å². The highest BCUT2D eigenvalue weighted by molar-refractivity contribution is 7.80. The van der Waals surface area contributed by atoms with Crippen LogP contribution in [0.3, 0.4) is 0 Å². The van der Waals surface area contributed by atoms with Crippen LogP contribution in [-0.2, 0) is 0 Å². The van der Waals surface area contributed by atoms with Crippen LogP contribution in [0, 0.1) is 29.0 Å². The number of anilines is 1. The first-order valence-corrected chi connectivity index (χ1v) is 10.8. The third kappa shape index (κ3) is 3.60. The van der Waals surface area contributed by atoms with Crippen LogP contribution in [0.4, 0.5) is 10.1 Å². The Balaban J connectivity index is 1.46. The van der Waals surface area contributed by atoms with Gasteiger partial charge < -0.3 is 10.6 Å². The van der Waals surface area contributed by atoms with E-state index in [1.165, 1.54) is 44.6 Å². The molecule has 4 saturated carbocycles. The molecular weight excluding hydrogens is 367 g/mol. The van der Waals surface area contributed by atoms with Gasteiger partial charge in [-0.25, -0.2) is 4.39 Å². The van der Waals surface area contributed by atoms with E-state index in [9.17, 15) is 4.39 Å². The van der Waals surface area contributed by atoms with E-state index in [4.69, 9.17) is 23.8 Å². The first-order chi connectivity index (χ1) is 12.5. The molecule has 0 radical (unpaired) electrons. The van der Waals surface area contributed by atoms with Gasteiger partial charge >= 0.3 is 0 Å². The highest BCUT2D eigenvalue weighted by Crippen LogP contribution is 2.61. The number of thiocarbonyl (C=S) groups is 1. The maximum Gasteiger partial charge on any atom is 0.171 e. The van der Waals surface area contributed by atoms with Gasteiger partial charge in [0.1, 0.15) is 5.82 Å². The van der Waals surface area contributed by atoms with E-state index < -0.39 is 5.82 Å². The van der Waals surface area contributed by atoms with E-state index >= 15 is 0 Å². The van der Waals surface area contributed by atoms with Gasteiger partial charge in [-0.2, -0.15) is 0 Å². The number of hydrogen-bond donors (Lipinski definition) is 2. The summed E-state index contributed by atoms with van der Waals surface area (Å²) in [7, 11) is 0. The van der Waals surface area contributed by atoms with Crippen LogP contribution in [0.1, 0.15) is 58.3 Å². The lowest BCUT2D eigenvalue weighted by Gasteiger charge is -2.59. The van der Waals surface area contributed by atoms with E-state index in [0.29, 0.717) is 16.6 Å². The minimum atomic E-state index is -0.409. The molecule has 4 bridgehead atoms. The first kappa shape index (κ1) is 18.5. The predicted octanol–water partition coefficient (Wildman–Crippen LogP) is 6.15. The van der Waals surface area contributed by atoms with Crippen LogP contribution in [-0.4, -0.2) is 11.2 Å². The molecule has 0 saturated heterocycles. The standard InChI is InChI=1S/C21H28ClFN2S/c1-2-3-19(21-10-13-6-14(11-21)8-15(7-13)12-21)25-20(26)24-16-4-5-18(23)17(22)9-16/h4-5,9,13-15,19H,2-3,6-8,10-12H2,1H3,(H2,24,25,26). The molecule has 0 spiro atoms. The molecule has 5 heteroatoms. The highest BCUT2D eigenvalue weighted by atomic mass is 35.5. The van der Waals surface area contributed by atoms with Gasteiger partial charge in [0, 0.05) is 11.7 Å². The summed E-state index contributed by atoms with van der Waals surface area (Å²) in [6.07, 6.45) is 10.8. The van der Waals surface area contributed by atoms with Crippen LogP contribution in [0.2, 0.25) is 5.02 Å². The van der Waals surface area contributed by atoms with E-state index in [1.807, 2.05) is 0 Å². The van der Waals surface area contributed by atoms with E-state index in [0.717, 1.165) is 36.3 Å². The van der Waals surface area contributed by atoms with Gasteiger partial charge in [0.2, 0.25) is 0 Å². The van der Waals surface area contributed by atoms with Crippen molar-refractivity contribution in [3.63, 3.8) is 0 Å². The fourth-order valence-electron chi connectivity index (χ4n) is 6.32. The summed E-state index contributed by atoms with van der Waals surface area (Å²) >= 11 is 11.5. The zero-order valence-electron chi connectivity index (χ0n) is 15.4. The molecule has 0 aliphatic heterocycles. The van der Waals surface area contributed by atoms with Gasteiger partial charge in [-0.05, 0) is 98.5 Å². The van der Waals surface area contributed by atoms with Crippen molar-refractivity contribution >= 4 is 34.6 Å². The summed E-state index contributed by atoms with van der Waals surface area (Å²) in [5.74, 6) is 2.38. The van der Waals surface area contributed by atoms with Gasteiger partial charge in [0.05, 0.1) is 5.02 Å². The van der Waals surface area contributed by atoms with Crippen LogP contribution in [0.5, 0.6) is 0 Å². The predicted molar refractivity (Wildman–Crippen MR) is 110 cm³/mol. The third-order valence-corrected chi connectivity index (χ3v) is 7.39. The van der Waals surface area contributed by atoms with Crippen molar-refractivity contribution in [3.8, 4) is 0 Å². The Kier molecular flexibility index (Phi) is 5.17. The first-order valence-electron chi connectivity index (χ1n) is 10.00. The van der Waals surface area contributed by atoms with Crippen LogP contribution in [0.15, 0.2) is 18.2 Å². The molecule has 5 rings (SSSR count). The second kappa shape index (κ2) is 7.27. The molecule has 4 fully saturated rings. The average Bonchev–Trinajstić information content (AvgIpc) is 2.56. The molecule has 1 aromatic carbocycles. The molecular formula is C21H28ClFN2S. The monoisotopic (exact) mass is 394 g/mol. The summed E-state index contributed by atoms with van der Waals surface area (Å²) in [6.45, 7) is 2.26. The lowest BCUT2D eigenvalue weighted by Crippen LogP contribution is -2.57. The van der Waals surface area contributed by atoms with Crippen LogP contribution in [0.25, 0.3) is 0 Å². The quantitative estimate of drug-likeness (QED) is 0.585. The molecule has 2 N–H and O–H groups in total. The van der Waals surface area contributed by atoms with Crippen molar-refractivity contribution in [1.82, 2.24) is 5.32 Å². The molecule has 4 aliphatic rings. The fraction of sp³-hybridized carbons (Fsp3) is 0.667. The summed E-state index contributed by atoms with van der Waals surface area (Å²) < 4.78 is 13.4. The Labute approximate surface area is 166 Å². The van der Waals surface area contributed by atoms with Gasteiger partial charge in [-0.1, -0.05) is 24.9 Å². The van der Waals surface area contributed by atoms with E-state index in [2.05, 4.69) is 17.6 Å². The molecule has 1 unspecified atom stereocenters. The van der Waals surface area contributed by atoms with Crippen molar-refractivity contribution in [2.75, 3.05) is 5.32 Å². The van der Waals surface area contributed by atoms with Crippen molar-refractivity contribution < 1.29 is 4.39 Å². The number of benzene rings is 1. The topological polar surface area (TPSA) is 24.1 Å². The largest absolute Gasteiger partial charge is 0.359 e. The molecule has 0 aromatic heterocycles. The van der Waals surface area contributed by atoms with Crippen LogP contribution < -0.4 is 10.6 Å². The molecule has 0 amide bonds. The molecule has 2 nitrogen and oxygen atoms in total. The normalized spacial score (nSPS) is 33.1. The van der Waals surface area contributed by atoms with Gasteiger partial charge in [-0.3, -0.25) is 0 Å². The maximum atomic E-state index is 13.4.